The van der Waals surface area contributed by atoms with Gasteiger partial charge in [0, 0.05) is 5.57 Å². The Hall–Kier alpha value is -1.05. The highest BCUT2D eigenvalue weighted by Crippen LogP contribution is 2.12. The molecule has 0 atom stereocenters. The topological polar surface area (TPSA) is 26.3 Å². The van der Waals surface area contributed by atoms with Crippen LogP contribution in [0.4, 0.5) is 0 Å². The van der Waals surface area contributed by atoms with Gasteiger partial charge in [-0.25, -0.2) is 0 Å². The minimum absolute atomic E-state index is 0.0142. The normalized spacial score (nSPS) is 17.0. The molecule has 2 nitrogen and oxygen atoms in total. The average molecular weight is 138 g/mol. The van der Waals surface area contributed by atoms with Crippen LogP contribution in [0.2, 0.25) is 0 Å². The van der Waals surface area contributed by atoms with Crippen molar-refractivity contribution in [3.8, 4) is 0 Å². The molecule has 1 rings (SSSR count). The van der Waals surface area contributed by atoms with Crippen molar-refractivity contribution in [3.63, 3.8) is 0 Å². The van der Waals surface area contributed by atoms with Crippen LogP contribution >= 0.6 is 0 Å². The van der Waals surface area contributed by atoms with E-state index in [1.165, 1.54) is 12.3 Å². The van der Waals surface area contributed by atoms with Gasteiger partial charge in [-0.15, -0.1) is 0 Å². The zero-order chi connectivity index (χ0) is 7.40. The first-order valence-electron chi connectivity index (χ1n) is 3.32. The maximum Gasteiger partial charge on any atom is 0.184 e. The van der Waals surface area contributed by atoms with Crippen molar-refractivity contribution in [1.29, 1.82) is 0 Å². The van der Waals surface area contributed by atoms with Crippen LogP contribution < -0.4 is 0 Å². The summed E-state index contributed by atoms with van der Waals surface area (Å²) in [6.45, 7) is 4.12. The minimum atomic E-state index is -0.0142. The van der Waals surface area contributed by atoms with Gasteiger partial charge in [0.1, 0.15) is 0 Å². The van der Waals surface area contributed by atoms with Crippen LogP contribution in [0.5, 0.6) is 0 Å². The first-order chi connectivity index (χ1) is 4.84. The summed E-state index contributed by atoms with van der Waals surface area (Å²) in [5.41, 5.74) is 0.737. The van der Waals surface area contributed by atoms with E-state index in [-0.39, 0.29) is 5.78 Å². The minimum Gasteiger partial charge on any atom is -0.501 e. The summed E-state index contributed by atoms with van der Waals surface area (Å²) < 4.78 is 4.97. The van der Waals surface area contributed by atoms with E-state index in [1.54, 1.807) is 0 Å². The van der Waals surface area contributed by atoms with Crippen LogP contribution in [0.1, 0.15) is 12.8 Å². The van der Waals surface area contributed by atoms with E-state index in [2.05, 4.69) is 6.58 Å². The average Bonchev–Trinajstić information content (AvgIpc) is 2.05. The predicted molar refractivity (Wildman–Crippen MR) is 38.5 cm³/mol. The number of hydrogen-bond donors (Lipinski definition) is 0. The summed E-state index contributed by atoms with van der Waals surface area (Å²) in [4.78, 5) is 10.9. The molecule has 0 saturated carbocycles. The van der Waals surface area contributed by atoms with Crippen molar-refractivity contribution >= 4 is 5.78 Å². The Morgan fingerprint density at radius 2 is 2.60 bits per heavy atom. The molecule has 0 aromatic carbocycles. The smallest absolute Gasteiger partial charge is 0.184 e. The summed E-state index contributed by atoms with van der Waals surface area (Å²) in [6, 6.07) is 0. The SMILES string of the molecule is C=CC(=O)C1=COCCC1. The molecule has 0 fully saturated rings. The molecule has 1 aliphatic rings. The van der Waals surface area contributed by atoms with E-state index >= 15 is 0 Å². The zero-order valence-corrected chi connectivity index (χ0v) is 5.80. The summed E-state index contributed by atoms with van der Waals surface area (Å²) in [7, 11) is 0. The molecule has 0 unspecified atom stereocenters. The number of ether oxygens (including phenoxy) is 1. The van der Waals surface area contributed by atoms with Gasteiger partial charge >= 0.3 is 0 Å². The van der Waals surface area contributed by atoms with E-state index in [4.69, 9.17) is 4.74 Å². The maximum absolute atomic E-state index is 10.9. The zero-order valence-electron chi connectivity index (χ0n) is 5.80. The molecule has 0 aliphatic carbocycles. The summed E-state index contributed by atoms with van der Waals surface area (Å²) in [5, 5.41) is 0. The van der Waals surface area contributed by atoms with Crippen LogP contribution in [0.15, 0.2) is 24.5 Å². The van der Waals surface area contributed by atoms with Crippen LogP contribution in [0.25, 0.3) is 0 Å². The Bertz CT molecular complexity index is 180. The largest absolute Gasteiger partial charge is 0.501 e. The van der Waals surface area contributed by atoms with Crippen LogP contribution in [0, 0.1) is 0 Å². The first kappa shape index (κ1) is 7.06. The Morgan fingerprint density at radius 3 is 3.10 bits per heavy atom. The quantitative estimate of drug-likeness (QED) is 0.539. The fourth-order valence-corrected chi connectivity index (χ4v) is 0.877. The van der Waals surface area contributed by atoms with Crippen molar-refractivity contribution in [3.05, 3.63) is 24.5 Å². The molecular weight excluding hydrogens is 128 g/mol. The third-order valence-electron chi connectivity index (χ3n) is 1.44. The number of carbonyl (C=O) groups excluding carboxylic acids is 1. The highest BCUT2D eigenvalue weighted by atomic mass is 16.5. The molecule has 0 N–H and O–H groups in total. The maximum atomic E-state index is 10.9. The number of ketones is 1. The van der Waals surface area contributed by atoms with Gasteiger partial charge in [0.25, 0.3) is 0 Å². The van der Waals surface area contributed by atoms with E-state index in [0.717, 1.165) is 25.0 Å². The molecule has 0 bridgehead atoms. The fourth-order valence-electron chi connectivity index (χ4n) is 0.877. The molecule has 1 aliphatic heterocycles. The molecule has 0 radical (unpaired) electrons. The Labute approximate surface area is 60.2 Å². The summed E-state index contributed by atoms with van der Waals surface area (Å²) in [6.07, 6.45) is 4.62. The lowest BCUT2D eigenvalue weighted by molar-refractivity contribution is -0.111. The second-order valence-electron chi connectivity index (χ2n) is 2.19. The molecule has 0 aromatic rings. The van der Waals surface area contributed by atoms with Gasteiger partial charge in [0.2, 0.25) is 0 Å². The van der Waals surface area contributed by atoms with Crippen molar-refractivity contribution in [2.75, 3.05) is 6.61 Å². The molecule has 0 spiro atoms. The molecule has 0 amide bonds. The Balaban J connectivity index is 2.61. The lowest BCUT2D eigenvalue weighted by Crippen LogP contribution is -2.05. The van der Waals surface area contributed by atoms with Gasteiger partial charge in [-0.1, -0.05) is 6.58 Å². The van der Waals surface area contributed by atoms with Crippen LogP contribution in [-0.4, -0.2) is 12.4 Å². The highest BCUT2D eigenvalue weighted by Gasteiger charge is 2.08. The molecule has 10 heavy (non-hydrogen) atoms. The van der Waals surface area contributed by atoms with Gasteiger partial charge in [0.15, 0.2) is 5.78 Å². The van der Waals surface area contributed by atoms with E-state index in [9.17, 15) is 4.79 Å². The lowest BCUT2D eigenvalue weighted by Gasteiger charge is -2.10. The molecule has 1 heterocycles. The number of carbonyl (C=O) groups is 1. The van der Waals surface area contributed by atoms with E-state index in [1.807, 2.05) is 0 Å². The van der Waals surface area contributed by atoms with Gasteiger partial charge in [-0.3, -0.25) is 4.79 Å². The van der Waals surface area contributed by atoms with Crippen LogP contribution in [0.3, 0.4) is 0 Å². The molecule has 2 heteroatoms. The summed E-state index contributed by atoms with van der Waals surface area (Å²) in [5.74, 6) is -0.0142. The lowest BCUT2D eigenvalue weighted by atomic mass is 10.1. The van der Waals surface area contributed by atoms with Crippen molar-refractivity contribution in [2.24, 2.45) is 0 Å². The third kappa shape index (κ3) is 1.47. The fraction of sp³-hybridized carbons (Fsp3) is 0.375. The first-order valence-corrected chi connectivity index (χ1v) is 3.32. The standard InChI is InChI=1S/C8H10O2/c1-2-8(9)7-4-3-5-10-6-7/h2,6H,1,3-5H2. The van der Waals surface area contributed by atoms with Gasteiger partial charge in [-0.05, 0) is 18.9 Å². The molecule has 54 valence electrons. The van der Waals surface area contributed by atoms with Crippen molar-refractivity contribution in [1.82, 2.24) is 0 Å². The Kier molecular flexibility index (Phi) is 2.26. The second-order valence-corrected chi connectivity index (χ2v) is 2.19. The highest BCUT2D eigenvalue weighted by molar-refractivity contribution is 6.03. The number of hydrogen-bond acceptors (Lipinski definition) is 2. The monoisotopic (exact) mass is 138 g/mol. The molecular formula is C8H10O2. The molecule has 0 aromatic heterocycles. The summed E-state index contributed by atoms with van der Waals surface area (Å²) >= 11 is 0. The third-order valence-corrected chi connectivity index (χ3v) is 1.44. The molecule has 0 saturated heterocycles. The number of allylic oxidation sites excluding steroid dienone is 2. The van der Waals surface area contributed by atoms with Crippen molar-refractivity contribution in [2.45, 2.75) is 12.8 Å². The van der Waals surface area contributed by atoms with Gasteiger partial charge in [0.05, 0.1) is 12.9 Å². The number of rotatable bonds is 2. The predicted octanol–water partition coefficient (Wildman–Crippen LogP) is 1.44. The Morgan fingerprint density at radius 1 is 1.80 bits per heavy atom. The van der Waals surface area contributed by atoms with Crippen LogP contribution in [-0.2, 0) is 9.53 Å². The second kappa shape index (κ2) is 3.20. The van der Waals surface area contributed by atoms with Gasteiger partial charge in [-0.2, -0.15) is 0 Å². The van der Waals surface area contributed by atoms with Gasteiger partial charge < -0.3 is 4.74 Å². The van der Waals surface area contributed by atoms with E-state index in [0.29, 0.717) is 0 Å². The van der Waals surface area contributed by atoms with E-state index < -0.39 is 0 Å². The van der Waals surface area contributed by atoms with Crippen molar-refractivity contribution < 1.29 is 9.53 Å².